The molecule has 4 heterocycles. The normalized spacial score (nSPS) is 62.4. The summed E-state index contributed by atoms with van der Waals surface area (Å²) in [5, 5.41) is 64.3. The van der Waals surface area contributed by atoms with E-state index in [1.54, 1.807) is 0 Å². The predicted octanol–water partition coefficient (Wildman–Crippen LogP) is -5.52. The summed E-state index contributed by atoms with van der Waals surface area (Å²) >= 11 is 0. The Morgan fingerprint density at radius 1 is 1.18 bits per heavy atom. The molecule has 0 amide bonds. The van der Waals surface area contributed by atoms with Crippen LogP contribution in [0.15, 0.2) is 4.99 Å². The molecule has 0 radical (unpaired) electrons. The van der Waals surface area contributed by atoms with E-state index in [2.05, 4.69) is 10.3 Å². The maximum absolute atomic E-state index is 10.6. The Hall–Kier alpha value is -1.05. The first-order valence-electron chi connectivity index (χ1n) is 6.77. The highest BCUT2D eigenvalue weighted by molar-refractivity contribution is 5.80. The first-order valence-corrected chi connectivity index (χ1v) is 6.77. The third-order valence-electron chi connectivity index (χ3n) is 5.22. The summed E-state index contributed by atoms with van der Waals surface area (Å²) in [6, 6.07) is 0. The van der Waals surface area contributed by atoms with Gasteiger partial charge in [0.2, 0.25) is 0 Å². The van der Waals surface area contributed by atoms with E-state index >= 15 is 0 Å². The molecule has 4 fully saturated rings. The molecule has 5 aliphatic rings. The van der Waals surface area contributed by atoms with Gasteiger partial charge in [0.05, 0.1) is 12.5 Å². The Morgan fingerprint density at radius 3 is 2.45 bits per heavy atom. The topological polar surface area (TPSA) is 190 Å². The van der Waals surface area contributed by atoms with Crippen LogP contribution in [0.1, 0.15) is 0 Å². The number of hydrogen-bond acceptors (Lipinski definition) is 11. The molecule has 11 nitrogen and oxygen atoms in total. The van der Waals surface area contributed by atoms with Crippen molar-refractivity contribution < 1.29 is 40.1 Å². The molecule has 5 unspecified atom stereocenters. The maximum Gasteiger partial charge on any atom is 0.311 e. The van der Waals surface area contributed by atoms with E-state index in [9.17, 15) is 30.6 Å². The van der Waals surface area contributed by atoms with Gasteiger partial charge in [0.1, 0.15) is 29.5 Å². The van der Waals surface area contributed by atoms with Crippen molar-refractivity contribution in [3.63, 3.8) is 0 Å². The van der Waals surface area contributed by atoms with Crippen LogP contribution in [-0.4, -0.2) is 91.0 Å². The lowest BCUT2D eigenvalue weighted by atomic mass is 9.55. The van der Waals surface area contributed by atoms with Crippen LogP contribution >= 0.6 is 0 Å². The third-order valence-corrected chi connectivity index (χ3v) is 5.22. The summed E-state index contributed by atoms with van der Waals surface area (Å²) < 4.78 is 10.3. The second-order valence-corrected chi connectivity index (χ2v) is 6.22. The van der Waals surface area contributed by atoms with Crippen molar-refractivity contribution in [2.45, 2.75) is 47.8 Å². The van der Waals surface area contributed by atoms with Crippen LogP contribution < -0.4 is 11.1 Å². The predicted molar refractivity (Wildman–Crippen MR) is 65.7 cm³/mol. The number of rotatable bonds is 1. The van der Waals surface area contributed by atoms with Crippen LogP contribution in [-0.2, 0) is 9.47 Å². The van der Waals surface area contributed by atoms with E-state index in [4.69, 9.17) is 15.2 Å². The van der Waals surface area contributed by atoms with Gasteiger partial charge in [0.15, 0.2) is 18.3 Å². The van der Waals surface area contributed by atoms with Crippen LogP contribution in [0.4, 0.5) is 0 Å². The Labute approximate surface area is 123 Å². The van der Waals surface area contributed by atoms with Crippen LogP contribution in [0.2, 0.25) is 0 Å². The number of aliphatic hydroxyl groups excluding tert-OH is 4. The number of ether oxygens (including phenoxy) is 2. The van der Waals surface area contributed by atoms with E-state index in [1.165, 1.54) is 0 Å². The van der Waals surface area contributed by atoms with E-state index < -0.39 is 60.3 Å². The maximum atomic E-state index is 10.6. The number of nitrogens with zero attached hydrogens (tertiary/aromatic N) is 1. The number of aliphatic hydroxyl groups is 6. The smallest absolute Gasteiger partial charge is 0.311 e. The molecule has 4 bridgehead atoms. The Bertz CT molecular complexity index is 561. The fraction of sp³-hybridized carbons (Fsp3) is 0.909. The van der Waals surface area contributed by atoms with Crippen molar-refractivity contribution >= 4 is 5.96 Å². The minimum atomic E-state index is -2.52. The second-order valence-electron chi connectivity index (χ2n) is 6.22. The van der Waals surface area contributed by atoms with Crippen LogP contribution in [0.3, 0.4) is 0 Å². The zero-order chi connectivity index (χ0) is 16.1. The van der Waals surface area contributed by atoms with Gasteiger partial charge in [-0.15, -0.1) is 0 Å². The summed E-state index contributed by atoms with van der Waals surface area (Å²) in [6.07, 6.45) is -7.77. The zero-order valence-electron chi connectivity index (χ0n) is 11.2. The van der Waals surface area contributed by atoms with Gasteiger partial charge in [-0.25, -0.2) is 4.99 Å². The van der Waals surface area contributed by atoms with Crippen LogP contribution in [0.25, 0.3) is 0 Å². The molecule has 9 N–H and O–H groups in total. The second kappa shape index (κ2) is 3.88. The van der Waals surface area contributed by atoms with Crippen molar-refractivity contribution in [1.29, 1.82) is 0 Å². The van der Waals surface area contributed by atoms with Gasteiger partial charge in [-0.05, 0) is 0 Å². The molecule has 124 valence electrons. The molecule has 0 aromatic rings. The highest BCUT2D eigenvalue weighted by Gasteiger charge is 2.82. The Kier molecular flexibility index (Phi) is 2.57. The SMILES string of the molecule is NC1=NC(O)C2C3OC4(O)OC([C@@H](O)[C@@]2(N1)[C@@H]4O)[C@]3(O)CO. The molecule has 1 aliphatic carbocycles. The van der Waals surface area contributed by atoms with Crippen LogP contribution in [0, 0.1) is 5.92 Å². The molecule has 0 aromatic heterocycles. The highest BCUT2D eigenvalue weighted by atomic mass is 16.9. The van der Waals surface area contributed by atoms with Gasteiger partial charge in [-0.2, -0.15) is 0 Å². The first-order chi connectivity index (χ1) is 10.2. The van der Waals surface area contributed by atoms with Gasteiger partial charge in [0.25, 0.3) is 0 Å². The minimum absolute atomic E-state index is 0.250. The number of hydrogen-bond donors (Lipinski definition) is 8. The molecule has 22 heavy (non-hydrogen) atoms. The molecular weight excluding hydrogens is 302 g/mol. The van der Waals surface area contributed by atoms with Gasteiger partial charge < -0.3 is 51.2 Å². The Morgan fingerprint density at radius 2 is 1.82 bits per heavy atom. The number of nitrogens with one attached hydrogen (secondary N) is 1. The fourth-order valence-corrected chi connectivity index (χ4v) is 4.24. The van der Waals surface area contributed by atoms with Crippen molar-refractivity contribution in [3.8, 4) is 0 Å². The van der Waals surface area contributed by atoms with E-state index in [0.29, 0.717) is 0 Å². The summed E-state index contributed by atoms with van der Waals surface area (Å²) in [7, 11) is 0. The summed E-state index contributed by atoms with van der Waals surface area (Å²) in [5.41, 5.74) is 1.74. The minimum Gasteiger partial charge on any atom is -0.393 e. The average molecular weight is 319 g/mol. The van der Waals surface area contributed by atoms with E-state index in [1.807, 2.05) is 0 Å². The molecule has 1 spiro atoms. The van der Waals surface area contributed by atoms with Crippen molar-refractivity contribution in [2.24, 2.45) is 16.6 Å². The third kappa shape index (κ3) is 1.28. The standard InChI is InChI=1S/C11H17N3O8/c12-8-13-6(17)2-4-9(19,1-15)5-3(16)10(2,14-8)7(18)11(20,21-4)22-5/h2-7,15-20H,1H2,(H3,12,13,14)/t2?,3-,4?,5?,6?,7+,9+,10-,11?/m1/s1. The molecular formula is C11H17N3O8. The van der Waals surface area contributed by atoms with E-state index in [0.717, 1.165) is 0 Å². The quantitative estimate of drug-likeness (QED) is 0.231. The van der Waals surface area contributed by atoms with Crippen LogP contribution in [0.5, 0.6) is 0 Å². The van der Waals surface area contributed by atoms with Crippen molar-refractivity contribution in [1.82, 2.24) is 5.32 Å². The summed E-state index contributed by atoms with van der Waals surface area (Å²) in [5.74, 6) is -3.95. The molecule has 0 aromatic carbocycles. The van der Waals surface area contributed by atoms with E-state index in [-0.39, 0.29) is 5.96 Å². The van der Waals surface area contributed by atoms with Gasteiger partial charge in [0, 0.05) is 0 Å². The summed E-state index contributed by atoms with van der Waals surface area (Å²) in [6.45, 7) is -0.857. The molecule has 9 atom stereocenters. The molecule has 5 rings (SSSR count). The van der Waals surface area contributed by atoms with Gasteiger partial charge >= 0.3 is 5.97 Å². The number of nitrogens with two attached hydrogens (primary N) is 1. The first kappa shape index (κ1) is 14.5. The van der Waals surface area contributed by atoms with Gasteiger partial charge in [-0.3, -0.25) is 0 Å². The zero-order valence-corrected chi connectivity index (χ0v) is 11.2. The highest BCUT2D eigenvalue weighted by Crippen LogP contribution is 2.58. The molecule has 11 heteroatoms. The lowest BCUT2D eigenvalue weighted by Crippen LogP contribution is -2.95. The van der Waals surface area contributed by atoms with Crippen molar-refractivity contribution in [2.75, 3.05) is 6.61 Å². The fourth-order valence-electron chi connectivity index (χ4n) is 4.24. The molecule has 1 saturated carbocycles. The number of guanidine groups is 1. The molecule has 4 aliphatic heterocycles. The summed E-state index contributed by atoms with van der Waals surface area (Å²) in [4.78, 5) is 3.70. The average Bonchev–Trinajstić information content (AvgIpc) is 2.45. The van der Waals surface area contributed by atoms with Gasteiger partial charge in [-0.1, -0.05) is 0 Å². The largest absolute Gasteiger partial charge is 0.393 e. The number of aliphatic imine (C=N–C) groups is 1. The lowest BCUT2D eigenvalue weighted by molar-refractivity contribution is -0.548. The Balaban J connectivity index is 1.95. The molecule has 3 saturated heterocycles. The monoisotopic (exact) mass is 319 g/mol. The lowest BCUT2D eigenvalue weighted by Gasteiger charge is -2.71. The van der Waals surface area contributed by atoms with Crippen molar-refractivity contribution in [3.05, 3.63) is 0 Å².